The van der Waals surface area contributed by atoms with E-state index in [4.69, 9.17) is 4.74 Å². The number of anilines is 1. The van der Waals surface area contributed by atoms with Crippen molar-refractivity contribution in [3.63, 3.8) is 0 Å². The van der Waals surface area contributed by atoms with Crippen molar-refractivity contribution < 1.29 is 19.1 Å². The van der Waals surface area contributed by atoms with Crippen molar-refractivity contribution in [2.45, 2.75) is 77.7 Å². The molecule has 0 heterocycles. The van der Waals surface area contributed by atoms with E-state index in [1.54, 1.807) is 19.1 Å². The fourth-order valence-electron chi connectivity index (χ4n) is 8.21. The fraction of sp³-hybridized carbons (Fsp3) is 0.607. The number of rotatable bonds is 3. The number of hydrogen-bond donors (Lipinski definition) is 1. The molecule has 1 aromatic carbocycles. The Morgan fingerprint density at radius 1 is 1.00 bits per heavy atom. The summed E-state index contributed by atoms with van der Waals surface area (Å²) < 4.78 is 7.05. The van der Waals surface area contributed by atoms with Gasteiger partial charge in [-0.15, -0.1) is 0 Å². The Balaban J connectivity index is 1.41. The summed E-state index contributed by atoms with van der Waals surface area (Å²) in [7, 11) is 0. The van der Waals surface area contributed by atoms with Crippen LogP contribution < -0.4 is 5.32 Å². The lowest BCUT2D eigenvalue weighted by molar-refractivity contribution is -0.159. The molecule has 1 amide bonds. The second kappa shape index (κ2) is 8.32. The molecule has 3 saturated carbocycles. The molecular formula is C28H34BrNO4. The van der Waals surface area contributed by atoms with E-state index in [0.29, 0.717) is 36.3 Å². The van der Waals surface area contributed by atoms with Gasteiger partial charge in [-0.1, -0.05) is 35.4 Å². The summed E-state index contributed by atoms with van der Waals surface area (Å²) in [6.45, 7) is 6.13. The number of fused-ring (bicyclic) bond motifs is 5. The molecular weight excluding hydrogens is 494 g/mol. The van der Waals surface area contributed by atoms with Crippen LogP contribution in [0.4, 0.5) is 10.5 Å². The highest BCUT2D eigenvalue weighted by molar-refractivity contribution is 9.10. The van der Waals surface area contributed by atoms with E-state index in [2.05, 4.69) is 35.1 Å². The Kier molecular flexibility index (Phi) is 5.82. The van der Waals surface area contributed by atoms with Crippen LogP contribution in [0.2, 0.25) is 0 Å². The molecule has 0 spiro atoms. The lowest BCUT2D eigenvalue weighted by atomic mass is 9.46. The molecule has 6 heteroatoms. The van der Waals surface area contributed by atoms with Gasteiger partial charge in [0.25, 0.3) is 0 Å². The molecule has 34 heavy (non-hydrogen) atoms. The molecule has 0 saturated heterocycles. The minimum atomic E-state index is -1.10. The van der Waals surface area contributed by atoms with Gasteiger partial charge in [-0.05, 0) is 105 Å². The minimum absolute atomic E-state index is 0.0484. The number of allylic oxidation sites excluding steroid dienone is 1. The van der Waals surface area contributed by atoms with Crippen LogP contribution in [0.15, 0.2) is 40.4 Å². The Bertz CT molecular complexity index is 1060. The SMILES string of the molecule is CC(=O)[C@@]1(OC(=O)Nc2ccc(Br)cc2)CC[C@H]2[C@@H]3CCC4=CC(=O)CC[C@]4(C)[C@H]3CC[C@@]21C. The average Bonchev–Trinajstić information content (AvgIpc) is 3.09. The summed E-state index contributed by atoms with van der Waals surface area (Å²) >= 11 is 3.40. The molecule has 0 radical (unpaired) electrons. The van der Waals surface area contributed by atoms with Crippen molar-refractivity contribution in [2.75, 3.05) is 5.32 Å². The molecule has 1 N–H and O–H groups in total. The second-order valence-corrected chi connectivity index (χ2v) is 12.3. The van der Waals surface area contributed by atoms with Gasteiger partial charge in [0.15, 0.2) is 17.2 Å². The van der Waals surface area contributed by atoms with E-state index < -0.39 is 11.7 Å². The van der Waals surface area contributed by atoms with Gasteiger partial charge in [-0.25, -0.2) is 4.79 Å². The minimum Gasteiger partial charge on any atom is -0.434 e. The van der Waals surface area contributed by atoms with Crippen molar-refractivity contribution in [3.8, 4) is 0 Å². The Hall–Kier alpha value is -1.95. The highest BCUT2D eigenvalue weighted by Gasteiger charge is 2.68. The molecule has 0 unspecified atom stereocenters. The van der Waals surface area contributed by atoms with E-state index in [-0.39, 0.29) is 22.4 Å². The first-order valence-electron chi connectivity index (χ1n) is 12.6. The molecule has 4 aliphatic carbocycles. The summed E-state index contributed by atoms with van der Waals surface area (Å²) in [5, 5.41) is 2.82. The lowest BCUT2D eigenvalue weighted by Gasteiger charge is -2.59. The van der Waals surface area contributed by atoms with Gasteiger partial charge in [-0.2, -0.15) is 0 Å². The first kappa shape index (κ1) is 23.8. The monoisotopic (exact) mass is 527 g/mol. The Labute approximate surface area is 210 Å². The van der Waals surface area contributed by atoms with E-state index in [1.807, 2.05) is 18.2 Å². The maximum atomic E-state index is 13.2. The molecule has 5 rings (SSSR count). The first-order chi connectivity index (χ1) is 16.1. The zero-order valence-corrected chi connectivity index (χ0v) is 21.9. The van der Waals surface area contributed by atoms with Crippen LogP contribution in [0.3, 0.4) is 0 Å². The number of hydrogen-bond acceptors (Lipinski definition) is 4. The molecule has 6 atom stereocenters. The number of carbonyl (C=O) groups excluding carboxylic acids is 3. The third kappa shape index (κ3) is 3.51. The van der Waals surface area contributed by atoms with Gasteiger partial charge in [0, 0.05) is 22.0 Å². The van der Waals surface area contributed by atoms with Crippen LogP contribution >= 0.6 is 15.9 Å². The molecule has 182 valence electrons. The summed E-state index contributed by atoms with van der Waals surface area (Å²) in [6.07, 6.45) is 8.31. The first-order valence-corrected chi connectivity index (χ1v) is 13.4. The van der Waals surface area contributed by atoms with E-state index in [9.17, 15) is 14.4 Å². The summed E-state index contributed by atoms with van der Waals surface area (Å²) in [6, 6.07) is 7.32. The number of amides is 1. The maximum Gasteiger partial charge on any atom is 0.412 e. The van der Waals surface area contributed by atoms with Crippen LogP contribution in [-0.4, -0.2) is 23.3 Å². The maximum absolute atomic E-state index is 13.2. The number of carbonyl (C=O) groups is 3. The van der Waals surface area contributed by atoms with E-state index in [0.717, 1.165) is 43.0 Å². The Morgan fingerprint density at radius 3 is 2.41 bits per heavy atom. The average molecular weight is 528 g/mol. The van der Waals surface area contributed by atoms with Gasteiger partial charge >= 0.3 is 6.09 Å². The Morgan fingerprint density at radius 2 is 1.71 bits per heavy atom. The summed E-state index contributed by atoms with van der Waals surface area (Å²) in [5.74, 6) is 1.58. The van der Waals surface area contributed by atoms with Crippen LogP contribution in [0.5, 0.6) is 0 Å². The van der Waals surface area contributed by atoms with Crippen molar-refractivity contribution in [2.24, 2.45) is 28.6 Å². The van der Waals surface area contributed by atoms with Gasteiger partial charge in [-0.3, -0.25) is 14.9 Å². The third-order valence-electron chi connectivity index (χ3n) is 10.0. The third-order valence-corrected chi connectivity index (χ3v) is 10.5. The van der Waals surface area contributed by atoms with Crippen molar-refractivity contribution in [3.05, 3.63) is 40.4 Å². The largest absolute Gasteiger partial charge is 0.434 e. The molecule has 0 aromatic heterocycles. The molecule has 3 fully saturated rings. The van der Waals surface area contributed by atoms with Crippen molar-refractivity contribution >= 4 is 39.3 Å². The lowest BCUT2D eigenvalue weighted by Crippen LogP contribution is -2.59. The van der Waals surface area contributed by atoms with Gasteiger partial charge in [0.2, 0.25) is 0 Å². The predicted octanol–water partition coefficient (Wildman–Crippen LogP) is 6.86. The standard InChI is InChI=1S/C28H34BrNO4/c1-17(31)28(34-25(33)30-20-7-5-19(29)6-8-20)15-12-24-22-9-4-18-16-21(32)10-13-26(18,2)23(22)11-14-27(24,28)3/h5-8,16,22-24H,4,9-15H2,1-3H3,(H,30,33)/t22-,23+,24+,26+,27+,28+/m1/s1. The number of Topliss-reactive ketones (excluding diaryl/α,β-unsaturated/α-hetero) is 1. The number of ether oxygens (including phenoxy) is 1. The zero-order chi connectivity index (χ0) is 24.3. The number of nitrogens with one attached hydrogen (secondary N) is 1. The van der Waals surface area contributed by atoms with Crippen LogP contribution in [-0.2, 0) is 14.3 Å². The van der Waals surface area contributed by atoms with Crippen molar-refractivity contribution in [1.82, 2.24) is 0 Å². The predicted molar refractivity (Wildman–Crippen MR) is 134 cm³/mol. The normalized spacial score (nSPS) is 38.8. The van der Waals surface area contributed by atoms with Crippen LogP contribution in [0.25, 0.3) is 0 Å². The van der Waals surface area contributed by atoms with Gasteiger partial charge < -0.3 is 4.74 Å². The molecule has 0 aliphatic heterocycles. The van der Waals surface area contributed by atoms with Gasteiger partial charge in [0.05, 0.1) is 0 Å². The van der Waals surface area contributed by atoms with Crippen molar-refractivity contribution in [1.29, 1.82) is 0 Å². The zero-order valence-electron chi connectivity index (χ0n) is 20.3. The van der Waals surface area contributed by atoms with Crippen LogP contribution in [0.1, 0.15) is 72.1 Å². The molecule has 5 nitrogen and oxygen atoms in total. The quantitative estimate of drug-likeness (QED) is 0.466. The molecule has 1 aromatic rings. The molecule has 4 aliphatic rings. The number of halogens is 1. The highest BCUT2D eigenvalue weighted by atomic mass is 79.9. The van der Waals surface area contributed by atoms with E-state index in [1.165, 1.54) is 5.57 Å². The number of ketones is 2. The summed E-state index contributed by atoms with van der Waals surface area (Å²) in [4.78, 5) is 38.3. The smallest absolute Gasteiger partial charge is 0.412 e. The topological polar surface area (TPSA) is 72.5 Å². The number of benzene rings is 1. The second-order valence-electron chi connectivity index (χ2n) is 11.4. The highest BCUT2D eigenvalue weighted by Crippen LogP contribution is 2.68. The van der Waals surface area contributed by atoms with E-state index >= 15 is 0 Å². The molecule has 0 bridgehead atoms. The summed E-state index contributed by atoms with van der Waals surface area (Å²) in [5.41, 5.74) is 0.594. The van der Waals surface area contributed by atoms with Crippen LogP contribution in [0, 0.1) is 28.6 Å². The fourth-order valence-corrected chi connectivity index (χ4v) is 8.47. The van der Waals surface area contributed by atoms with Gasteiger partial charge in [0.1, 0.15) is 0 Å².